The largest absolute Gasteiger partial charge is 0.213 e. The highest BCUT2D eigenvalue weighted by Crippen LogP contribution is 2.04. The first-order valence-electron chi connectivity index (χ1n) is 3.56. The standard InChI is InChI=1S/C9H14Si/c1-5-8-10(4,7-3)9-6-2/h7H2,1-4H3. The molecule has 0 bridgehead atoms. The van der Waals surface area contributed by atoms with E-state index in [1.165, 1.54) is 0 Å². The van der Waals surface area contributed by atoms with Crippen molar-refractivity contribution in [2.75, 3.05) is 0 Å². The van der Waals surface area contributed by atoms with E-state index in [9.17, 15) is 0 Å². The SMILES string of the molecule is CC#C[Si](C)(C#CC)CC. The molecule has 0 aliphatic heterocycles. The summed E-state index contributed by atoms with van der Waals surface area (Å²) in [4.78, 5) is 0. The van der Waals surface area contributed by atoms with E-state index in [1.807, 2.05) is 13.8 Å². The number of hydrogen-bond donors (Lipinski definition) is 0. The highest BCUT2D eigenvalue weighted by Gasteiger charge is 2.18. The van der Waals surface area contributed by atoms with Crippen LogP contribution in [0.5, 0.6) is 0 Å². The van der Waals surface area contributed by atoms with Crippen LogP contribution in [0, 0.1) is 22.9 Å². The summed E-state index contributed by atoms with van der Waals surface area (Å²) in [5.41, 5.74) is 6.45. The van der Waals surface area contributed by atoms with Gasteiger partial charge in [0.05, 0.1) is 0 Å². The Hall–Kier alpha value is -0.663. The summed E-state index contributed by atoms with van der Waals surface area (Å²) in [7, 11) is -1.45. The monoisotopic (exact) mass is 150 g/mol. The average Bonchev–Trinajstić information content (AvgIpc) is 1.89. The lowest BCUT2D eigenvalue weighted by Crippen LogP contribution is -2.24. The lowest BCUT2D eigenvalue weighted by atomic mass is 10.8. The Morgan fingerprint density at radius 2 is 1.50 bits per heavy atom. The van der Waals surface area contributed by atoms with Crippen molar-refractivity contribution in [1.82, 2.24) is 0 Å². The zero-order valence-electron chi connectivity index (χ0n) is 7.21. The van der Waals surface area contributed by atoms with Gasteiger partial charge in [-0.3, -0.25) is 0 Å². The van der Waals surface area contributed by atoms with Gasteiger partial charge in [0.1, 0.15) is 0 Å². The van der Waals surface area contributed by atoms with Crippen molar-refractivity contribution in [3.05, 3.63) is 0 Å². The summed E-state index contributed by atoms with van der Waals surface area (Å²) in [6.07, 6.45) is 0. The van der Waals surface area contributed by atoms with Crippen molar-refractivity contribution in [2.24, 2.45) is 0 Å². The van der Waals surface area contributed by atoms with Crippen LogP contribution in [0.15, 0.2) is 0 Å². The van der Waals surface area contributed by atoms with E-state index in [-0.39, 0.29) is 0 Å². The normalized spacial score (nSPS) is 8.80. The first kappa shape index (κ1) is 9.34. The Morgan fingerprint density at radius 1 is 1.10 bits per heavy atom. The minimum atomic E-state index is -1.45. The van der Waals surface area contributed by atoms with Gasteiger partial charge in [-0.2, -0.15) is 0 Å². The quantitative estimate of drug-likeness (QED) is 0.397. The molecule has 0 fully saturated rings. The molecule has 0 aliphatic rings. The van der Waals surface area contributed by atoms with Crippen LogP contribution < -0.4 is 0 Å². The van der Waals surface area contributed by atoms with Gasteiger partial charge in [-0.05, 0) is 26.4 Å². The minimum absolute atomic E-state index is 1.13. The van der Waals surface area contributed by atoms with Crippen LogP contribution in [0.25, 0.3) is 0 Å². The van der Waals surface area contributed by atoms with E-state index in [4.69, 9.17) is 0 Å². The van der Waals surface area contributed by atoms with E-state index in [0.29, 0.717) is 0 Å². The predicted octanol–water partition coefficient (Wildman–Crippen LogP) is 2.21. The summed E-state index contributed by atoms with van der Waals surface area (Å²) >= 11 is 0. The van der Waals surface area contributed by atoms with Crippen molar-refractivity contribution in [3.8, 4) is 22.9 Å². The first-order chi connectivity index (χ1) is 4.68. The zero-order valence-corrected chi connectivity index (χ0v) is 8.21. The van der Waals surface area contributed by atoms with Crippen molar-refractivity contribution >= 4 is 8.07 Å². The fraction of sp³-hybridized carbons (Fsp3) is 0.556. The molecule has 0 amide bonds. The van der Waals surface area contributed by atoms with Gasteiger partial charge in [-0.15, -0.1) is 22.9 Å². The fourth-order valence-electron chi connectivity index (χ4n) is 0.760. The second-order valence-electron chi connectivity index (χ2n) is 2.44. The van der Waals surface area contributed by atoms with Crippen LogP contribution in [0.4, 0.5) is 0 Å². The molecule has 0 spiro atoms. The Balaban J connectivity index is 4.44. The molecule has 0 saturated heterocycles. The van der Waals surface area contributed by atoms with Crippen molar-refractivity contribution in [2.45, 2.75) is 33.4 Å². The van der Waals surface area contributed by atoms with Gasteiger partial charge in [-0.25, -0.2) is 0 Å². The summed E-state index contributed by atoms with van der Waals surface area (Å²) < 4.78 is 0. The molecule has 0 aromatic rings. The third kappa shape index (κ3) is 2.76. The maximum atomic E-state index is 3.22. The van der Waals surface area contributed by atoms with Crippen LogP contribution in [0.2, 0.25) is 12.6 Å². The van der Waals surface area contributed by atoms with Gasteiger partial charge in [-0.1, -0.05) is 6.92 Å². The van der Waals surface area contributed by atoms with Crippen LogP contribution in [0.3, 0.4) is 0 Å². The summed E-state index contributed by atoms with van der Waals surface area (Å²) in [5.74, 6) is 5.91. The Bertz CT molecular complexity index is 186. The van der Waals surface area contributed by atoms with Gasteiger partial charge in [0.25, 0.3) is 0 Å². The molecule has 0 aliphatic carbocycles. The van der Waals surface area contributed by atoms with E-state index in [1.54, 1.807) is 0 Å². The summed E-state index contributed by atoms with van der Waals surface area (Å²) in [5, 5.41) is 0. The molecule has 0 N–H and O–H groups in total. The molecular formula is C9H14Si. The average molecular weight is 150 g/mol. The van der Waals surface area contributed by atoms with Crippen LogP contribution in [-0.4, -0.2) is 8.07 Å². The van der Waals surface area contributed by atoms with Crippen LogP contribution in [0.1, 0.15) is 20.8 Å². The summed E-state index contributed by atoms with van der Waals surface area (Å²) in [6.45, 7) is 8.15. The molecule has 0 unspecified atom stereocenters. The second-order valence-corrected chi connectivity index (χ2v) is 6.31. The maximum Gasteiger partial charge on any atom is 0.213 e. The minimum Gasteiger partial charge on any atom is -0.116 e. The molecule has 0 heterocycles. The van der Waals surface area contributed by atoms with Gasteiger partial charge < -0.3 is 0 Å². The van der Waals surface area contributed by atoms with E-state index in [0.717, 1.165) is 6.04 Å². The molecule has 0 atom stereocenters. The fourth-order valence-corrected chi connectivity index (χ4v) is 2.28. The van der Waals surface area contributed by atoms with Gasteiger partial charge in [0.15, 0.2) is 0 Å². The highest BCUT2D eigenvalue weighted by molar-refractivity contribution is 6.93. The Morgan fingerprint density at radius 3 is 1.70 bits per heavy atom. The topological polar surface area (TPSA) is 0 Å². The Labute approximate surface area is 65.0 Å². The molecule has 0 rings (SSSR count). The smallest absolute Gasteiger partial charge is 0.116 e. The van der Waals surface area contributed by atoms with E-state index in [2.05, 4.69) is 36.4 Å². The molecule has 0 saturated carbocycles. The molecule has 0 nitrogen and oxygen atoms in total. The predicted molar refractivity (Wildman–Crippen MR) is 49.0 cm³/mol. The first-order valence-corrected chi connectivity index (χ1v) is 6.27. The molecular weight excluding hydrogens is 136 g/mol. The van der Waals surface area contributed by atoms with Crippen LogP contribution in [-0.2, 0) is 0 Å². The van der Waals surface area contributed by atoms with E-state index >= 15 is 0 Å². The third-order valence-electron chi connectivity index (χ3n) is 1.51. The second kappa shape index (κ2) is 4.20. The lowest BCUT2D eigenvalue weighted by molar-refractivity contribution is 1.41. The molecule has 54 valence electrons. The molecule has 0 radical (unpaired) electrons. The Kier molecular flexibility index (Phi) is 3.92. The molecule has 10 heavy (non-hydrogen) atoms. The number of hydrogen-bond acceptors (Lipinski definition) is 0. The molecule has 1 heteroatoms. The summed E-state index contributed by atoms with van der Waals surface area (Å²) in [6, 6.07) is 1.13. The van der Waals surface area contributed by atoms with Crippen molar-refractivity contribution in [1.29, 1.82) is 0 Å². The lowest BCUT2D eigenvalue weighted by Gasteiger charge is -2.08. The van der Waals surface area contributed by atoms with Gasteiger partial charge in [0, 0.05) is 0 Å². The van der Waals surface area contributed by atoms with Crippen LogP contribution >= 0.6 is 0 Å². The highest BCUT2D eigenvalue weighted by atomic mass is 28.3. The number of rotatable bonds is 1. The molecule has 0 aromatic carbocycles. The molecule has 0 aromatic heterocycles. The van der Waals surface area contributed by atoms with Crippen molar-refractivity contribution < 1.29 is 0 Å². The maximum absolute atomic E-state index is 3.22. The van der Waals surface area contributed by atoms with Gasteiger partial charge in [0.2, 0.25) is 8.07 Å². The van der Waals surface area contributed by atoms with Crippen molar-refractivity contribution in [3.63, 3.8) is 0 Å². The van der Waals surface area contributed by atoms with Gasteiger partial charge >= 0.3 is 0 Å². The zero-order chi connectivity index (χ0) is 8.04. The third-order valence-corrected chi connectivity index (χ3v) is 4.53. The van der Waals surface area contributed by atoms with E-state index < -0.39 is 8.07 Å².